The van der Waals surface area contributed by atoms with Crippen molar-refractivity contribution in [3.8, 4) is 5.75 Å². The summed E-state index contributed by atoms with van der Waals surface area (Å²) in [6.45, 7) is 0. The molecule has 2 N–H and O–H groups in total. The lowest BCUT2D eigenvalue weighted by molar-refractivity contribution is 0.475. The van der Waals surface area contributed by atoms with Crippen LogP contribution in [-0.4, -0.2) is 16.3 Å². The third-order valence-corrected chi connectivity index (χ3v) is 4.21. The predicted octanol–water partition coefficient (Wildman–Crippen LogP) is 5.06. The number of anilines is 2. The molecule has 1 heterocycles. The van der Waals surface area contributed by atoms with E-state index in [1.807, 2.05) is 18.4 Å². The number of hydrogen-bond acceptors (Lipinski definition) is 4. The summed E-state index contributed by atoms with van der Waals surface area (Å²) >= 11 is 7.84. The number of fused-ring (bicyclic) bond motifs is 1. The Kier molecular flexibility index (Phi) is 3.90. The molecule has 0 aliphatic carbocycles. The fourth-order valence-electron chi connectivity index (χ4n) is 2.11. The van der Waals surface area contributed by atoms with Gasteiger partial charge < -0.3 is 10.4 Å². The number of phenols is 1. The van der Waals surface area contributed by atoms with Crippen molar-refractivity contribution in [1.29, 1.82) is 0 Å². The molecule has 5 heteroatoms. The summed E-state index contributed by atoms with van der Waals surface area (Å²) < 4.78 is 0. The highest BCUT2D eigenvalue weighted by atomic mass is 35.5. The topological polar surface area (TPSA) is 45.2 Å². The van der Waals surface area contributed by atoms with E-state index in [4.69, 9.17) is 11.6 Å². The molecule has 0 aliphatic rings. The van der Waals surface area contributed by atoms with Crippen molar-refractivity contribution >= 4 is 45.6 Å². The van der Waals surface area contributed by atoms with Crippen molar-refractivity contribution in [2.75, 3.05) is 11.6 Å². The van der Waals surface area contributed by atoms with Crippen molar-refractivity contribution in [3.63, 3.8) is 0 Å². The number of halogens is 1. The highest BCUT2D eigenvalue weighted by molar-refractivity contribution is 7.98. The van der Waals surface area contributed by atoms with Gasteiger partial charge in [0.2, 0.25) is 0 Å². The summed E-state index contributed by atoms with van der Waals surface area (Å²) in [4.78, 5) is 5.55. The summed E-state index contributed by atoms with van der Waals surface area (Å²) in [5.74, 6) is 0.148. The monoisotopic (exact) mass is 316 g/mol. The second-order valence-corrected chi connectivity index (χ2v) is 5.82. The highest BCUT2D eigenvalue weighted by Crippen LogP contribution is 2.32. The van der Waals surface area contributed by atoms with E-state index in [1.54, 1.807) is 30.1 Å². The molecule has 1 aromatic heterocycles. The number of nitrogens with one attached hydrogen (secondary N) is 1. The first-order valence-electron chi connectivity index (χ1n) is 6.35. The van der Waals surface area contributed by atoms with E-state index in [-0.39, 0.29) is 5.75 Å². The van der Waals surface area contributed by atoms with Crippen LogP contribution in [0.5, 0.6) is 5.75 Å². The van der Waals surface area contributed by atoms with E-state index in [2.05, 4.69) is 22.4 Å². The minimum absolute atomic E-state index is 0.148. The number of aromatic hydroxyl groups is 1. The lowest BCUT2D eigenvalue weighted by Crippen LogP contribution is -1.93. The van der Waals surface area contributed by atoms with E-state index in [1.165, 1.54) is 11.0 Å². The van der Waals surface area contributed by atoms with Crippen LogP contribution in [0, 0.1) is 0 Å². The number of nitrogens with zero attached hydrogens (tertiary/aromatic N) is 1. The Morgan fingerprint density at radius 1 is 1.10 bits per heavy atom. The highest BCUT2D eigenvalue weighted by Gasteiger charge is 2.06. The largest absolute Gasteiger partial charge is 0.508 e. The minimum Gasteiger partial charge on any atom is -0.508 e. The molecule has 0 spiro atoms. The van der Waals surface area contributed by atoms with Gasteiger partial charge in [-0.1, -0.05) is 11.6 Å². The standard InChI is InChI=1S/C16H13ClN2OS/c1-21-11-3-5-14-12(9-11)15(6-7-18-14)19-16-4-2-10(20)8-13(16)17/h2-9,20H,1H3,(H,18,19). The van der Waals surface area contributed by atoms with Crippen LogP contribution >= 0.6 is 23.4 Å². The first-order valence-corrected chi connectivity index (χ1v) is 7.96. The van der Waals surface area contributed by atoms with Gasteiger partial charge in [0, 0.05) is 28.2 Å². The van der Waals surface area contributed by atoms with Gasteiger partial charge in [0.15, 0.2) is 0 Å². The Morgan fingerprint density at radius 2 is 1.95 bits per heavy atom. The van der Waals surface area contributed by atoms with Gasteiger partial charge >= 0.3 is 0 Å². The third kappa shape index (κ3) is 2.91. The van der Waals surface area contributed by atoms with Gasteiger partial charge in [-0.2, -0.15) is 0 Å². The molecular weight excluding hydrogens is 304 g/mol. The lowest BCUT2D eigenvalue weighted by Gasteiger charge is -2.11. The fraction of sp³-hybridized carbons (Fsp3) is 0.0625. The van der Waals surface area contributed by atoms with E-state index >= 15 is 0 Å². The molecule has 0 bridgehead atoms. The maximum atomic E-state index is 9.42. The zero-order valence-corrected chi connectivity index (χ0v) is 12.9. The minimum atomic E-state index is 0.148. The quantitative estimate of drug-likeness (QED) is 0.523. The molecule has 21 heavy (non-hydrogen) atoms. The second-order valence-electron chi connectivity index (χ2n) is 4.53. The molecule has 3 rings (SSSR count). The van der Waals surface area contributed by atoms with Crippen LogP contribution in [0.2, 0.25) is 5.02 Å². The normalized spacial score (nSPS) is 10.8. The van der Waals surface area contributed by atoms with E-state index in [0.29, 0.717) is 5.02 Å². The Balaban J connectivity index is 2.07. The van der Waals surface area contributed by atoms with Crippen LogP contribution in [0.1, 0.15) is 0 Å². The van der Waals surface area contributed by atoms with E-state index in [9.17, 15) is 5.11 Å². The van der Waals surface area contributed by atoms with Gasteiger partial charge in [-0.05, 0) is 42.7 Å². The summed E-state index contributed by atoms with van der Waals surface area (Å²) in [6, 6.07) is 12.9. The first-order chi connectivity index (χ1) is 10.2. The molecule has 0 amide bonds. The number of thioether (sulfide) groups is 1. The van der Waals surface area contributed by atoms with Crippen molar-refractivity contribution in [3.05, 3.63) is 53.7 Å². The van der Waals surface area contributed by atoms with Gasteiger partial charge in [-0.15, -0.1) is 11.8 Å². The molecule has 0 saturated carbocycles. The van der Waals surface area contributed by atoms with Crippen molar-refractivity contribution in [2.24, 2.45) is 0 Å². The fourth-order valence-corrected chi connectivity index (χ4v) is 2.77. The summed E-state index contributed by atoms with van der Waals surface area (Å²) in [6.07, 6.45) is 3.80. The van der Waals surface area contributed by atoms with Crippen LogP contribution in [0.15, 0.2) is 53.6 Å². The zero-order chi connectivity index (χ0) is 14.8. The molecule has 106 valence electrons. The molecule has 0 radical (unpaired) electrons. The third-order valence-electron chi connectivity index (χ3n) is 3.17. The van der Waals surface area contributed by atoms with Crippen LogP contribution in [0.3, 0.4) is 0 Å². The SMILES string of the molecule is CSc1ccc2nccc(Nc3ccc(O)cc3Cl)c2c1. The molecular formula is C16H13ClN2OS. The Morgan fingerprint density at radius 3 is 2.71 bits per heavy atom. The number of benzene rings is 2. The molecule has 0 saturated heterocycles. The maximum Gasteiger partial charge on any atom is 0.117 e. The van der Waals surface area contributed by atoms with E-state index < -0.39 is 0 Å². The van der Waals surface area contributed by atoms with Crippen LogP contribution < -0.4 is 5.32 Å². The Bertz CT molecular complexity index is 807. The van der Waals surface area contributed by atoms with Gasteiger partial charge in [0.25, 0.3) is 0 Å². The van der Waals surface area contributed by atoms with Crippen molar-refractivity contribution in [2.45, 2.75) is 4.90 Å². The molecule has 0 fully saturated rings. The van der Waals surface area contributed by atoms with Gasteiger partial charge in [0.1, 0.15) is 5.75 Å². The predicted molar refractivity (Wildman–Crippen MR) is 89.9 cm³/mol. The Hall–Kier alpha value is -1.91. The van der Waals surface area contributed by atoms with Crippen LogP contribution in [-0.2, 0) is 0 Å². The number of pyridine rings is 1. The zero-order valence-electron chi connectivity index (χ0n) is 11.3. The maximum absolute atomic E-state index is 9.42. The molecule has 3 nitrogen and oxygen atoms in total. The van der Waals surface area contributed by atoms with E-state index in [0.717, 1.165) is 22.3 Å². The molecule has 0 atom stereocenters. The lowest BCUT2D eigenvalue weighted by atomic mass is 10.2. The molecule has 2 aromatic carbocycles. The number of aromatic nitrogens is 1. The summed E-state index contributed by atoms with van der Waals surface area (Å²) in [5.41, 5.74) is 2.60. The number of phenolic OH excluding ortho intramolecular Hbond substituents is 1. The average Bonchev–Trinajstić information content (AvgIpc) is 2.50. The summed E-state index contributed by atoms with van der Waals surface area (Å²) in [5, 5.41) is 14.2. The van der Waals surface area contributed by atoms with Crippen molar-refractivity contribution < 1.29 is 5.11 Å². The number of rotatable bonds is 3. The Labute approximate surface area is 132 Å². The average molecular weight is 317 g/mol. The molecule has 3 aromatic rings. The molecule has 0 unspecified atom stereocenters. The van der Waals surface area contributed by atoms with Gasteiger partial charge in [0.05, 0.1) is 16.2 Å². The van der Waals surface area contributed by atoms with Gasteiger partial charge in [-0.25, -0.2) is 0 Å². The van der Waals surface area contributed by atoms with Gasteiger partial charge in [-0.3, -0.25) is 4.98 Å². The van der Waals surface area contributed by atoms with Crippen molar-refractivity contribution in [1.82, 2.24) is 4.98 Å². The van der Waals surface area contributed by atoms with Crippen LogP contribution in [0.4, 0.5) is 11.4 Å². The molecule has 0 aliphatic heterocycles. The number of hydrogen-bond donors (Lipinski definition) is 2. The second kappa shape index (κ2) is 5.84. The summed E-state index contributed by atoms with van der Waals surface area (Å²) in [7, 11) is 0. The van der Waals surface area contributed by atoms with Crippen LogP contribution in [0.25, 0.3) is 10.9 Å². The smallest absolute Gasteiger partial charge is 0.117 e. The first kappa shape index (κ1) is 14.0.